The van der Waals surface area contributed by atoms with Crippen molar-refractivity contribution in [3.8, 4) is 0 Å². The maximum atomic E-state index is 12.6. The third-order valence-corrected chi connectivity index (χ3v) is 3.43. The van der Waals surface area contributed by atoms with Gasteiger partial charge in [0.2, 0.25) is 0 Å². The van der Waals surface area contributed by atoms with Crippen LogP contribution in [0.2, 0.25) is 0 Å². The van der Waals surface area contributed by atoms with Gasteiger partial charge < -0.3 is 14.6 Å². The Balaban J connectivity index is 2.17. The molecule has 2 fully saturated rings. The molecule has 0 radical (unpaired) electrons. The Labute approximate surface area is 95.7 Å². The molecule has 2 rings (SSSR count). The lowest BCUT2D eigenvalue weighted by Crippen LogP contribution is -2.49. The zero-order valence-corrected chi connectivity index (χ0v) is 9.00. The molecule has 1 saturated carbocycles. The van der Waals surface area contributed by atoms with Gasteiger partial charge in [0.05, 0.1) is 19.1 Å². The van der Waals surface area contributed by atoms with E-state index < -0.39 is 36.2 Å². The van der Waals surface area contributed by atoms with Crippen LogP contribution in [-0.2, 0) is 14.3 Å². The SMILES string of the molecule is O=C(O)[C@@H]1C[C@H](C(F)(F)F)CCC12OCCO2. The van der Waals surface area contributed by atoms with Gasteiger partial charge >= 0.3 is 12.1 Å². The van der Waals surface area contributed by atoms with Crippen molar-refractivity contribution in [1.29, 1.82) is 0 Å². The molecule has 1 heterocycles. The standard InChI is InChI=1S/C10H13F3O4/c11-10(12,13)6-1-2-9(16-3-4-17-9)7(5-6)8(14)15/h6-7H,1-5H2,(H,14,15)/t6-,7+/m1/s1. The van der Waals surface area contributed by atoms with Gasteiger partial charge in [-0.3, -0.25) is 4.79 Å². The molecule has 0 aromatic carbocycles. The third kappa shape index (κ3) is 2.26. The van der Waals surface area contributed by atoms with Gasteiger partial charge in [0.25, 0.3) is 0 Å². The van der Waals surface area contributed by atoms with Crippen LogP contribution in [0.1, 0.15) is 19.3 Å². The molecule has 98 valence electrons. The molecule has 0 unspecified atom stereocenters. The molecule has 0 aromatic rings. The lowest BCUT2D eigenvalue weighted by Gasteiger charge is -2.40. The highest BCUT2D eigenvalue weighted by atomic mass is 19.4. The molecule has 1 aliphatic heterocycles. The number of alkyl halides is 3. The van der Waals surface area contributed by atoms with Crippen LogP contribution in [0.4, 0.5) is 13.2 Å². The molecule has 1 saturated heterocycles. The van der Waals surface area contributed by atoms with Gasteiger partial charge in [0.1, 0.15) is 5.92 Å². The van der Waals surface area contributed by atoms with E-state index in [1.807, 2.05) is 0 Å². The van der Waals surface area contributed by atoms with E-state index in [4.69, 9.17) is 14.6 Å². The first-order valence-electron chi connectivity index (χ1n) is 5.42. The summed E-state index contributed by atoms with van der Waals surface area (Å²) in [6.07, 6.45) is -4.99. The highest BCUT2D eigenvalue weighted by Gasteiger charge is 2.56. The van der Waals surface area contributed by atoms with Crippen molar-refractivity contribution in [3.05, 3.63) is 0 Å². The van der Waals surface area contributed by atoms with Crippen LogP contribution in [0.5, 0.6) is 0 Å². The second-order valence-corrected chi connectivity index (χ2v) is 4.41. The summed E-state index contributed by atoms with van der Waals surface area (Å²) in [5, 5.41) is 9.02. The number of halogens is 3. The van der Waals surface area contributed by atoms with Crippen LogP contribution in [0, 0.1) is 11.8 Å². The maximum absolute atomic E-state index is 12.6. The summed E-state index contributed by atoms with van der Waals surface area (Å²) in [7, 11) is 0. The molecule has 1 spiro atoms. The van der Waals surface area contributed by atoms with E-state index in [2.05, 4.69) is 0 Å². The van der Waals surface area contributed by atoms with Crippen molar-refractivity contribution in [2.24, 2.45) is 11.8 Å². The van der Waals surface area contributed by atoms with E-state index >= 15 is 0 Å². The Morgan fingerprint density at radius 1 is 1.29 bits per heavy atom. The first-order valence-corrected chi connectivity index (χ1v) is 5.42. The summed E-state index contributed by atoms with van der Waals surface area (Å²) in [4.78, 5) is 11.1. The average molecular weight is 254 g/mol. The molecular weight excluding hydrogens is 241 g/mol. The summed E-state index contributed by atoms with van der Waals surface area (Å²) >= 11 is 0. The van der Waals surface area contributed by atoms with E-state index in [1.165, 1.54) is 0 Å². The molecule has 7 heteroatoms. The van der Waals surface area contributed by atoms with Crippen LogP contribution in [0.15, 0.2) is 0 Å². The highest BCUT2D eigenvalue weighted by molar-refractivity contribution is 5.71. The van der Waals surface area contributed by atoms with Crippen LogP contribution >= 0.6 is 0 Å². The number of carboxylic acids is 1. The van der Waals surface area contributed by atoms with Crippen LogP contribution in [0.25, 0.3) is 0 Å². The van der Waals surface area contributed by atoms with Crippen LogP contribution in [0.3, 0.4) is 0 Å². The Kier molecular flexibility index (Phi) is 3.07. The Hall–Kier alpha value is -0.820. The zero-order chi connectivity index (χ0) is 12.7. The fourth-order valence-corrected chi connectivity index (χ4v) is 2.53. The Bertz CT molecular complexity index is 309. The maximum Gasteiger partial charge on any atom is 0.391 e. The summed E-state index contributed by atoms with van der Waals surface area (Å²) in [5.41, 5.74) is 0. The topological polar surface area (TPSA) is 55.8 Å². The van der Waals surface area contributed by atoms with Gasteiger partial charge in [-0.25, -0.2) is 0 Å². The van der Waals surface area contributed by atoms with Crippen LogP contribution in [-0.4, -0.2) is 36.3 Å². The van der Waals surface area contributed by atoms with E-state index in [-0.39, 0.29) is 26.1 Å². The smallest absolute Gasteiger partial charge is 0.391 e. The fourth-order valence-electron chi connectivity index (χ4n) is 2.53. The third-order valence-electron chi connectivity index (χ3n) is 3.43. The van der Waals surface area contributed by atoms with Crippen molar-refractivity contribution in [2.75, 3.05) is 13.2 Å². The molecule has 1 N–H and O–H groups in total. The molecule has 0 aromatic heterocycles. The van der Waals surface area contributed by atoms with Crippen molar-refractivity contribution in [1.82, 2.24) is 0 Å². The van der Waals surface area contributed by atoms with Crippen molar-refractivity contribution < 1.29 is 32.5 Å². The number of carboxylic acid groups (broad SMARTS) is 1. The van der Waals surface area contributed by atoms with E-state index in [0.29, 0.717) is 0 Å². The Morgan fingerprint density at radius 2 is 1.88 bits per heavy atom. The first kappa shape index (κ1) is 12.6. The number of aliphatic carboxylic acids is 1. The second-order valence-electron chi connectivity index (χ2n) is 4.41. The van der Waals surface area contributed by atoms with Crippen LogP contribution < -0.4 is 0 Å². The minimum atomic E-state index is -4.35. The van der Waals surface area contributed by atoms with E-state index in [9.17, 15) is 18.0 Å². The monoisotopic (exact) mass is 254 g/mol. The number of hydrogen-bond acceptors (Lipinski definition) is 3. The first-order chi connectivity index (χ1) is 7.85. The quantitative estimate of drug-likeness (QED) is 0.775. The van der Waals surface area contributed by atoms with E-state index in [1.54, 1.807) is 0 Å². The molecule has 2 aliphatic rings. The minimum Gasteiger partial charge on any atom is -0.481 e. The summed E-state index contributed by atoms with van der Waals surface area (Å²) in [6, 6.07) is 0. The average Bonchev–Trinajstić information content (AvgIpc) is 2.65. The Morgan fingerprint density at radius 3 is 2.35 bits per heavy atom. The predicted molar refractivity (Wildman–Crippen MR) is 49.2 cm³/mol. The van der Waals surface area contributed by atoms with Gasteiger partial charge in [-0.15, -0.1) is 0 Å². The predicted octanol–water partition coefficient (Wildman–Crippen LogP) is 1.79. The minimum absolute atomic E-state index is 0.0197. The molecule has 0 amide bonds. The molecule has 1 aliphatic carbocycles. The summed E-state index contributed by atoms with van der Waals surface area (Å²) in [5.74, 6) is -5.46. The normalized spacial score (nSPS) is 32.9. The lowest BCUT2D eigenvalue weighted by atomic mass is 9.76. The molecular formula is C10H13F3O4. The van der Waals surface area contributed by atoms with Gasteiger partial charge in [-0.2, -0.15) is 13.2 Å². The number of hydrogen-bond donors (Lipinski definition) is 1. The molecule has 0 bridgehead atoms. The number of carbonyl (C=O) groups is 1. The van der Waals surface area contributed by atoms with Crippen molar-refractivity contribution >= 4 is 5.97 Å². The number of rotatable bonds is 1. The molecule has 2 atom stereocenters. The summed E-state index contributed by atoms with van der Waals surface area (Å²) in [6.45, 7) is 0.473. The van der Waals surface area contributed by atoms with Gasteiger partial charge in [0.15, 0.2) is 5.79 Å². The molecule has 17 heavy (non-hydrogen) atoms. The second kappa shape index (κ2) is 4.13. The highest BCUT2D eigenvalue weighted by Crippen LogP contribution is 2.47. The fraction of sp³-hybridized carbons (Fsp3) is 0.900. The summed E-state index contributed by atoms with van der Waals surface area (Å²) < 4.78 is 48.2. The van der Waals surface area contributed by atoms with Gasteiger partial charge in [0, 0.05) is 6.42 Å². The largest absolute Gasteiger partial charge is 0.481 e. The van der Waals surface area contributed by atoms with E-state index in [0.717, 1.165) is 0 Å². The van der Waals surface area contributed by atoms with Crippen molar-refractivity contribution in [2.45, 2.75) is 31.2 Å². The number of ether oxygens (including phenoxy) is 2. The zero-order valence-electron chi connectivity index (χ0n) is 9.00. The van der Waals surface area contributed by atoms with Gasteiger partial charge in [-0.05, 0) is 12.8 Å². The van der Waals surface area contributed by atoms with Gasteiger partial charge in [-0.1, -0.05) is 0 Å². The lowest BCUT2D eigenvalue weighted by molar-refractivity contribution is -0.252. The van der Waals surface area contributed by atoms with Crippen molar-refractivity contribution in [3.63, 3.8) is 0 Å². The molecule has 4 nitrogen and oxygen atoms in total.